The Hall–Kier alpha value is -2.57. The predicted octanol–water partition coefficient (Wildman–Crippen LogP) is 2.85. The molecule has 4 saturated heterocycles. The first-order valence-electron chi connectivity index (χ1n) is 16.7. The molecule has 4 aliphatic rings. The van der Waals surface area contributed by atoms with Gasteiger partial charge in [-0.25, -0.2) is 0 Å². The van der Waals surface area contributed by atoms with E-state index < -0.39 is 29.6 Å². The first kappa shape index (κ1) is 34.8. The van der Waals surface area contributed by atoms with Gasteiger partial charge in [-0.2, -0.15) is 0 Å². The van der Waals surface area contributed by atoms with Gasteiger partial charge in [-0.05, 0) is 24.8 Å². The Bertz CT molecular complexity index is 1230. The lowest BCUT2D eigenvalue weighted by molar-refractivity contribution is -0.149. The Morgan fingerprint density at radius 2 is 1.70 bits per heavy atom. The van der Waals surface area contributed by atoms with Crippen molar-refractivity contribution >= 4 is 33.7 Å². The maximum atomic E-state index is 14.7. The molecule has 3 unspecified atom stereocenters. The molecule has 1 N–H and O–H groups in total. The number of nitrogens with zero attached hydrogens (tertiary/aromatic N) is 4. The van der Waals surface area contributed by atoms with Gasteiger partial charge in [0.05, 0.1) is 31.2 Å². The average Bonchev–Trinajstić information content (AvgIpc) is 3.66. The molecule has 10 nitrogen and oxygen atoms in total. The molecule has 1 spiro atoms. The average molecular weight is 702 g/mol. The number of rotatable bonds is 17. The predicted molar refractivity (Wildman–Crippen MR) is 179 cm³/mol. The van der Waals surface area contributed by atoms with Crippen molar-refractivity contribution in [1.29, 1.82) is 0 Å². The zero-order valence-electron chi connectivity index (χ0n) is 26.8. The molecule has 0 radical (unpaired) electrons. The van der Waals surface area contributed by atoms with Gasteiger partial charge in [0, 0.05) is 63.8 Å². The van der Waals surface area contributed by atoms with Crippen LogP contribution in [0.1, 0.15) is 37.7 Å². The maximum Gasteiger partial charge on any atom is 0.248 e. The first-order valence-corrected chi connectivity index (χ1v) is 17.6. The third-order valence-electron chi connectivity index (χ3n) is 9.94. The highest BCUT2D eigenvalue weighted by Crippen LogP contribution is 2.60. The third kappa shape index (κ3) is 7.13. The van der Waals surface area contributed by atoms with E-state index in [4.69, 9.17) is 9.47 Å². The summed E-state index contributed by atoms with van der Waals surface area (Å²) in [5, 5.41) is 9.26. The molecule has 2 bridgehead atoms. The van der Waals surface area contributed by atoms with Crippen LogP contribution in [0.2, 0.25) is 0 Å². The van der Waals surface area contributed by atoms with Crippen molar-refractivity contribution in [3.05, 3.63) is 61.2 Å². The monoisotopic (exact) mass is 700 g/mol. The summed E-state index contributed by atoms with van der Waals surface area (Å²) in [5.41, 5.74) is -0.119. The zero-order chi connectivity index (χ0) is 32.7. The molecule has 1 aromatic rings. The van der Waals surface area contributed by atoms with E-state index in [0.29, 0.717) is 71.7 Å². The van der Waals surface area contributed by atoms with Crippen LogP contribution in [-0.2, 0) is 30.4 Å². The molecule has 3 amide bonds. The van der Waals surface area contributed by atoms with E-state index in [1.165, 1.54) is 0 Å². The number of halogens is 1. The van der Waals surface area contributed by atoms with Crippen molar-refractivity contribution in [1.82, 2.24) is 19.6 Å². The van der Waals surface area contributed by atoms with Crippen LogP contribution in [0, 0.1) is 11.8 Å². The summed E-state index contributed by atoms with van der Waals surface area (Å²) in [7, 11) is 0. The van der Waals surface area contributed by atoms with E-state index in [0.717, 1.165) is 31.5 Å². The number of morpholine rings is 1. The van der Waals surface area contributed by atoms with Gasteiger partial charge in [0.1, 0.15) is 11.6 Å². The number of ether oxygens (including phenoxy) is 2. The smallest absolute Gasteiger partial charge is 0.248 e. The number of likely N-dealkylation sites (tertiary alicyclic amines) is 1. The highest BCUT2D eigenvalue weighted by molar-refractivity contribution is 9.09. The minimum atomic E-state index is -1.11. The van der Waals surface area contributed by atoms with Gasteiger partial charge in [0.15, 0.2) is 0 Å². The second-order valence-corrected chi connectivity index (χ2v) is 14.0. The minimum absolute atomic E-state index is 0.129. The molecule has 0 aliphatic carbocycles. The molecule has 252 valence electrons. The summed E-state index contributed by atoms with van der Waals surface area (Å²) in [4.78, 5) is 51.1. The SMILES string of the molecule is C=CCN(CCN1CCOCC1)C(=O)C1N(CCCCCCO)C(=O)[C@@H]2[C@H](C(=O)N(CC=C)Cc3ccccc3)[C@H]3OC12CC3Br. The van der Waals surface area contributed by atoms with E-state index in [1.807, 2.05) is 30.3 Å². The summed E-state index contributed by atoms with van der Waals surface area (Å²) in [6.45, 7) is 13.6. The second-order valence-electron chi connectivity index (χ2n) is 12.9. The molecular weight excluding hydrogens is 652 g/mol. The number of amides is 3. The van der Waals surface area contributed by atoms with Gasteiger partial charge in [0.2, 0.25) is 17.7 Å². The van der Waals surface area contributed by atoms with Crippen LogP contribution in [0.15, 0.2) is 55.6 Å². The quantitative estimate of drug-likeness (QED) is 0.152. The van der Waals surface area contributed by atoms with Crippen LogP contribution in [0.5, 0.6) is 0 Å². The van der Waals surface area contributed by atoms with Gasteiger partial charge in [-0.3, -0.25) is 19.3 Å². The Morgan fingerprint density at radius 3 is 2.39 bits per heavy atom. The lowest BCUT2D eigenvalue weighted by Gasteiger charge is -2.38. The zero-order valence-corrected chi connectivity index (χ0v) is 28.4. The summed E-state index contributed by atoms with van der Waals surface area (Å²) in [5.74, 6) is -1.95. The molecule has 0 aromatic heterocycles. The van der Waals surface area contributed by atoms with Crippen LogP contribution in [0.4, 0.5) is 0 Å². The summed E-state index contributed by atoms with van der Waals surface area (Å²) in [6.07, 6.45) is 6.45. The number of carbonyl (C=O) groups excluding carboxylic acids is 3. The molecule has 4 fully saturated rings. The van der Waals surface area contributed by atoms with Crippen molar-refractivity contribution in [2.24, 2.45) is 11.8 Å². The van der Waals surface area contributed by atoms with Crippen molar-refractivity contribution in [2.45, 2.75) is 61.2 Å². The van der Waals surface area contributed by atoms with Gasteiger partial charge in [-0.1, -0.05) is 71.3 Å². The molecule has 6 atom stereocenters. The van der Waals surface area contributed by atoms with Crippen molar-refractivity contribution < 1.29 is 29.0 Å². The maximum absolute atomic E-state index is 14.7. The van der Waals surface area contributed by atoms with E-state index in [1.54, 1.807) is 26.9 Å². The lowest BCUT2D eigenvalue weighted by atomic mass is 9.70. The van der Waals surface area contributed by atoms with Crippen LogP contribution < -0.4 is 0 Å². The summed E-state index contributed by atoms with van der Waals surface area (Å²) < 4.78 is 12.3. The van der Waals surface area contributed by atoms with Crippen molar-refractivity contribution in [2.75, 3.05) is 65.6 Å². The van der Waals surface area contributed by atoms with Gasteiger partial charge < -0.3 is 29.3 Å². The highest BCUT2D eigenvalue weighted by Gasteiger charge is 2.76. The number of benzene rings is 1. The fourth-order valence-electron chi connectivity index (χ4n) is 7.79. The van der Waals surface area contributed by atoms with Crippen LogP contribution in [0.25, 0.3) is 0 Å². The number of hydrogen-bond donors (Lipinski definition) is 1. The number of hydrogen-bond acceptors (Lipinski definition) is 7. The van der Waals surface area contributed by atoms with E-state index >= 15 is 0 Å². The minimum Gasteiger partial charge on any atom is -0.396 e. The molecular formula is C35H49BrN4O6. The number of alkyl halides is 1. The number of unbranched alkanes of at least 4 members (excludes halogenated alkanes) is 3. The lowest BCUT2D eigenvalue weighted by Crippen LogP contribution is -2.58. The number of aliphatic hydroxyl groups excluding tert-OH is 1. The fraction of sp³-hybridized carbons (Fsp3) is 0.629. The third-order valence-corrected chi connectivity index (χ3v) is 10.8. The summed E-state index contributed by atoms with van der Waals surface area (Å²) in [6, 6.07) is 8.95. The van der Waals surface area contributed by atoms with Crippen LogP contribution in [0.3, 0.4) is 0 Å². The van der Waals surface area contributed by atoms with Crippen LogP contribution in [-0.4, -0.2) is 131 Å². The second kappa shape index (κ2) is 16.0. The Labute approximate surface area is 281 Å². The standard InChI is InChI=1S/C35H49BrN4O6/c1-3-14-38(18-17-37-19-22-45-23-20-37)34(44)31-35-24-27(36)30(46-35)28(29(35)33(43)40(31)16-10-5-6-11-21-41)32(42)39(15-4-2)25-26-12-8-7-9-13-26/h3-4,7-9,12-13,27-31,41H,1-2,5-6,10-11,14-25H2/t27?,28-,29-,30-,31?,35?/m0/s1. The summed E-state index contributed by atoms with van der Waals surface area (Å²) >= 11 is 3.81. The van der Waals surface area contributed by atoms with Crippen molar-refractivity contribution in [3.63, 3.8) is 0 Å². The largest absolute Gasteiger partial charge is 0.396 e. The first-order chi connectivity index (χ1) is 22.4. The normalized spacial score (nSPS) is 28.7. The van der Waals surface area contributed by atoms with E-state index in [2.05, 4.69) is 34.0 Å². The molecule has 4 heterocycles. The molecule has 1 aromatic carbocycles. The van der Waals surface area contributed by atoms with Crippen molar-refractivity contribution in [3.8, 4) is 0 Å². The molecule has 0 saturated carbocycles. The molecule has 11 heteroatoms. The molecule has 4 aliphatic heterocycles. The molecule has 46 heavy (non-hydrogen) atoms. The highest BCUT2D eigenvalue weighted by atomic mass is 79.9. The fourth-order valence-corrected chi connectivity index (χ4v) is 8.73. The topological polar surface area (TPSA) is 103 Å². The number of aliphatic hydroxyl groups is 1. The Morgan fingerprint density at radius 1 is 1.00 bits per heavy atom. The van der Waals surface area contributed by atoms with E-state index in [9.17, 15) is 19.5 Å². The van der Waals surface area contributed by atoms with E-state index in [-0.39, 0.29) is 29.2 Å². The van der Waals surface area contributed by atoms with Gasteiger partial charge in [0.25, 0.3) is 0 Å². The number of carbonyl (C=O) groups is 3. The van der Waals surface area contributed by atoms with Crippen LogP contribution >= 0.6 is 15.9 Å². The molecule has 5 rings (SSSR count). The Balaban J connectivity index is 1.44. The Kier molecular flexibility index (Phi) is 12.1. The van der Waals surface area contributed by atoms with Gasteiger partial charge in [-0.15, -0.1) is 13.2 Å². The number of fused-ring (bicyclic) bond motifs is 1. The van der Waals surface area contributed by atoms with Gasteiger partial charge >= 0.3 is 0 Å².